The Hall–Kier alpha value is -3.73. The fraction of sp³-hybridized carbons (Fsp3) is 0.160. The van der Waals surface area contributed by atoms with Crippen LogP contribution < -0.4 is 5.63 Å². The van der Waals surface area contributed by atoms with Crippen molar-refractivity contribution < 1.29 is 13.9 Å². The highest BCUT2D eigenvalue weighted by molar-refractivity contribution is 5.91. The van der Waals surface area contributed by atoms with E-state index in [4.69, 9.17) is 9.15 Å². The molecule has 1 heterocycles. The van der Waals surface area contributed by atoms with Crippen molar-refractivity contribution in [1.29, 1.82) is 0 Å². The van der Waals surface area contributed by atoms with Gasteiger partial charge in [0.1, 0.15) is 0 Å². The summed E-state index contributed by atoms with van der Waals surface area (Å²) in [5.74, 6) is -0.306. The van der Waals surface area contributed by atoms with Gasteiger partial charge in [0.25, 0.3) is 0 Å². The number of fused-ring (bicyclic) bond motifs is 1. The highest BCUT2D eigenvalue weighted by atomic mass is 16.5. The topological polar surface area (TPSA) is 69.4 Å². The summed E-state index contributed by atoms with van der Waals surface area (Å²) in [5.41, 5.74) is 2.50. The SMILES string of the molecule is COC(=O)c1cccc(-c2nc3cccc(C(C)(C)c4ccccc4)c3c(=O)o2)c1. The highest BCUT2D eigenvalue weighted by Crippen LogP contribution is 2.35. The number of hydrogen-bond donors (Lipinski definition) is 0. The largest absolute Gasteiger partial charge is 0.465 e. The Balaban J connectivity index is 1.88. The zero-order valence-electron chi connectivity index (χ0n) is 17.0. The maximum absolute atomic E-state index is 13.0. The number of hydrogen-bond acceptors (Lipinski definition) is 5. The van der Waals surface area contributed by atoms with Crippen molar-refractivity contribution in [2.45, 2.75) is 19.3 Å². The fourth-order valence-electron chi connectivity index (χ4n) is 3.67. The molecule has 30 heavy (non-hydrogen) atoms. The molecule has 0 fully saturated rings. The van der Waals surface area contributed by atoms with Gasteiger partial charge in [-0.3, -0.25) is 0 Å². The molecule has 0 aliphatic heterocycles. The Morgan fingerprint density at radius 1 is 0.967 bits per heavy atom. The van der Waals surface area contributed by atoms with Crippen LogP contribution in [0.25, 0.3) is 22.4 Å². The molecule has 0 saturated carbocycles. The van der Waals surface area contributed by atoms with Crippen molar-refractivity contribution in [1.82, 2.24) is 4.98 Å². The summed E-state index contributed by atoms with van der Waals surface area (Å²) in [6.45, 7) is 4.15. The number of nitrogens with zero attached hydrogens (tertiary/aromatic N) is 1. The first-order valence-corrected chi connectivity index (χ1v) is 9.60. The van der Waals surface area contributed by atoms with Gasteiger partial charge in [0.15, 0.2) is 0 Å². The van der Waals surface area contributed by atoms with Gasteiger partial charge in [0.2, 0.25) is 5.89 Å². The first-order valence-electron chi connectivity index (χ1n) is 9.60. The van der Waals surface area contributed by atoms with Crippen molar-refractivity contribution in [3.05, 3.63) is 99.9 Å². The maximum atomic E-state index is 13.0. The van der Waals surface area contributed by atoms with Gasteiger partial charge in [0.05, 0.1) is 23.6 Å². The molecule has 0 N–H and O–H groups in total. The Morgan fingerprint density at radius 3 is 2.43 bits per heavy atom. The Morgan fingerprint density at radius 2 is 1.70 bits per heavy atom. The minimum Gasteiger partial charge on any atom is -0.465 e. The Kier molecular flexibility index (Phi) is 4.96. The van der Waals surface area contributed by atoms with Crippen LogP contribution in [0.5, 0.6) is 0 Å². The molecule has 4 rings (SSSR count). The highest BCUT2D eigenvalue weighted by Gasteiger charge is 2.27. The molecule has 1 aromatic heterocycles. The van der Waals surface area contributed by atoms with Crippen molar-refractivity contribution in [2.75, 3.05) is 7.11 Å². The van der Waals surface area contributed by atoms with Gasteiger partial charge in [-0.1, -0.05) is 62.4 Å². The zero-order chi connectivity index (χ0) is 21.3. The summed E-state index contributed by atoms with van der Waals surface area (Å²) in [5, 5.41) is 0.458. The van der Waals surface area contributed by atoms with E-state index in [0.717, 1.165) is 11.1 Å². The molecule has 0 spiro atoms. The molecule has 0 unspecified atom stereocenters. The summed E-state index contributed by atoms with van der Waals surface area (Å²) in [6, 6.07) is 22.3. The van der Waals surface area contributed by atoms with Crippen LogP contribution in [0.4, 0.5) is 0 Å². The van der Waals surface area contributed by atoms with Gasteiger partial charge < -0.3 is 9.15 Å². The first kappa shape index (κ1) is 19.6. The molecule has 4 aromatic rings. The molecule has 0 bridgehead atoms. The lowest BCUT2D eigenvalue weighted by molar-refractivity contribution is 0.0601. The van der Waals surface area contributed by atoms with Crippen LogP contribution in [0.15, 0.2) is 82.0 Å². The molecule has 0 aliphatic rings. The van der Waals surface area contributed by atoms with E-state index < -0.39 is 17.0 Å². The van der Waals surface area contributed by atoms with Crippen LogP contribution in [0, 0.1) is 0 Å². The molecule has 0 radical (unpaired) electrons. The molecule has 3 aromatic carbocycles. The van der Waals surface area contributed by atoms with Gasteiger partial charge in [-0.15, -0.1) is 0 Å². The number of rotatable bonds is 4. The minimum atomic E-state index is -0.466. The zero-order valence-corrected chi connectivity index (χ0v) is 17.0. The number of carbonyl (C=O) groups is 1. The summed E-state index contributed by atoms with van der Waals surface area (Å²) in [4.78, 5) is 29.5. The van der Waals surface area contributed by atoms with Crippen LogP contribution in [0.3, 0.4) is 0 Å². The molecule has 5 heteroatoms. The number of benzene rings is 3. The lowest BCUT2D eigenvalue weighted by atomic mass is 9.77. The van der Waals surface area contributed by atoms with Gasteiger partial charge >= 0.3 is 11.6 Å². The van der Waals surface area contributed by atoms with Crippen molar-refractivity contribution in [3.63, 3.8) is 0 Å². The third-order valence-electron chi connectivity index (χ3n) is 5.36. The molecule has 0 saturated heterocycles. The maximum Gasteiger partial charge on any atom is 0.347 e. The van der Waals surface area contributed by atoms with Crippen LogP contribution in [0.1, 0.15) is 35.3 Å². The number of esters is 1. The number of ether oxygens (including phenoxy) is 1. The van der Waals surface area contributed by atoms with E-state index in [1.165, 1.54) is 7.11 Å². The third kappa shape index (κ3) is 3.39. The van der Waals surface area contributed by atoms with E-state index in [0.29, 0.717) is 22.0 Å². The molecule has 5 nitrogen and oxygen atoms in total. The predicted octanol–water partition coefficient (Wildman–Crippen LogP) is 4.97. The fourth-order valence-corrected chi connectivity index (χ4v) is 3.67. The average molecular weight is 399 g/mol. The van der Waals surface area contributed by atoms with Crippen LogP contribution in [0.2, 0.25) is 0 Å². The average Bonchev–Trinajstić information content (AvgIpc) is 2.78. The molecule has 0 atom stereocenters. The normalized spacial score (nSPS) is 11.4. The van der Waals surface area contributed by atoms with E-state index in [9.17, 15) is 9.59 Å². The lowest BCUT2D eigenvalue weighted by Crippen LogP contribution is -2.21. The minimum absolute atomic E-state index is 0.160. The van der Waals surface area contributed by atoms with E-state index >= 15 is 0 Å². The van der Waals surface area contributed by atoms with E-state index in [1.807, 2.05) is 42.5 Å². The quantitative estimate of drug-likeness (QED) is 0.453. The number of carbonyl (C=O) groups excluding carboxylic acids is 1. The second-order valence-electron chi connectivity index (χ2n) is 7.57. The summed E-state index contributed by atoms with van der Waals surface area (Å²) >= 11 is 0. The van der Waals surface area contributed by atoms with E-state index in [2.05, 4.69) is 18.8 Å². The van der Waals surface area contributed by atoms with Crippen molar-refractivity contribution in [3.8, 4) is 11.5 Å². The third-order valence-corrected chi connectivity index (χ3v) is 5.36. The summed E-state index contributed by atoms with van der Waals surface area (Å²) in [6.07, 6.45) is 0. The van der Waals surface area contributed by atoms with Gasteiger partial charge in [-0.05, 0) is 35.4 Å². The second-order valence-corrected chi connectivity index (χ2v) is 7.57. The Bertz CT molecular complexity index is 1290. The second kappa shape index (κ2) is 7.59. The van der Waals surface area contributed by atoms with E-state index in [-0.39, 0.29) is 5.89 Å². The smallest absolute Gasteiger partial charge is 0.347 e. The van der Waals surface area contributed by atoms with Gasteiger partial charge in [-0.25, -0.2) is 14.6 Å². The summed E-state index contributed by atoms with van der Waals surface area (Å²) in [7, 11) is 1.32. The molecular weight excluding hydrogens is 378 g/mol. The summed E-state index contributed by atoms with van der Waals surface area (Å²) < 4.78 is 10.4. The molecular formula is C25H21NO4. The monoisotopic (exact) mass is 399 g/mol. The predicted molar refractivity (Wildman–Crippen MR) is 116 cm³/mol. The van der Waals surface area contributed by atoms with Crippen LogP contribution in [-0.4, -0.2) is 18.1 Å². The first-order chi connectivity index (χ1) is 14.4. The van der Waals surface area contributed by atoms with E-state index in [1.54, 1.807) is 30.3 Å². The van der Waals surface area contributed by atoms with Gasteiger partial charge in [-0.2, -0.15) is 0 Å². The van der Waals surface area contributed by atoms with Crippen molar-refractivity contribution in [2.24, 2.45) is 0 Å². The van der Waals surface area contributed by atoms with Crippen LogP contribution >= 0.6 is 0 Å². The lowest BCUT2D eigenvalue weighted by Gasteiger charge is -2.27. The Labute approximate surface area is 174 Å². The molecule has 150 valence electrons. The molecule has 0 aliphatic carbocycles. The van der Waals surface area contributed by atoms with Crippen molar-refractivity contribution >= 4 is 16.9 Å². The number of aromatic nitrogens is 1. The number of methoxy groups -OCH3 is 1. The van der Waals surface area contributed by atoms with Crippen LogP contribution in [-0.2, 0) is 10.2 Å². The standard InChI is InChI=1S/C25H21NO4/c1-25(2,18-11-5-4-6-12-18)19-13-8-14-20-21(19)24(28)30-22(26-20)16-9-7-10-17(15-16)23(27)29-3/h4-15H,1-3H3. The van der Waals surface area contributed by atoms with Gasteiger partial charge in [0, 0.05) is 11.0 Å². The molecule has 0 amide bonds.